The Kier molecular flexibility index (Phi) is 6.02. The molecule has 0 fully saturated rings. The summed E-state index contributed by atoms with van der Waals surface area (Å²) in [6.07, 6.45) is -0.292. The minimum absolute atomic E-state index is 0.103. The van der Waals surface area contributed by atoms with Gasteiger partial charge in [0.15, 0.2) is 0 Å². The van der Waals surface area contributed by atoms with E-state index in [1.54, 1.807) is 38.1 Å². The number of ether oxygens (including phenoxy) is 2. The van der Waals surface area contributed by atoms with Crippen LogP contribution in [0.2, 0.25) is 0 Å². The molecule has 0 aliphatic carbocycles. The Morgan fingerprint density at radius 1 is 1.24 bits per heavy atom. The van der Waals surface area contributed by atoms with Crippen LogP contribution < -0.4 is 9.04 Å². The molecule has 0 heterocycles. The third-order valence-electron chi connectivity index (χ3n) is 2.70. The topological polar surface area (TPSA) is 72.9 Å². The predicted molar refractivity (Wildman–Crippen MR) is 81.0 cm³/mol. The van der Waals surface area contributed by atoms with Crippen LogP contribution in [0.25, 0.3) is 0 Å². The van der Waals surface area contributed by atoms with Gasteiger partial charge in [-0.15, -0.1) is 0 Å². The fourth-order valence-electron chi connectivity index (χ4n) is 1.67. The van der Waals surface area contributed by atoms with Crippen molar-refractivity contribution < 1.29 is 22.7 Å². The van der Waals surface area contributed by atoms with Crippen molar-refractivity contribution in [1.29, 1.82) is 0 Å². The highest BCUT2D eigenvalue weighted by Gasteiger charge is 2.24. The molecule has 0 bridgehead atoms. The standard InChI is InChI=1S/C14H21NO5S/c1-5-21(17,18)15(10-14(16)20-11(2)3)12-6-8-13(19-4)9-7-12/h6-9,11H,5,10H2,1-4H3. The van der Waals surface area contributed by atoms with Gasteiger partial charge in [-0.2, -0.15) is 0 Å². The average Bonchev–Trinajstić information content (AvgIpc) is 2.44. The van der Waals surface area contributed by atoms with Crippen molar-refractivity contribution >= 4 is 21.7 Å². The maximum atomic E-state index is 12.2. The largest absolute Gasteiger partial charge is 0.497 e. The van der Waals surface area contributed by atoms with E-state index in [2.05, 4.69) is 0 Å². The number of methoxy groups -OCH3 is 1. The molecule has 0 aromatic heterocycles. The molecule has 1 aromatic carbocycles. The van der Waals surface area contributed by atoms with E-state index in [-0.39, 0.29) is 18.4 Å². The van der Waals surface area contributed by atoms with Crippen molar-refractivity contribution in [2.45, 2.75) is 26.9 Å². The van der Waals surface area contributed by atoms with Crippen LogP contribution in [0, 0.1) is 0 Å². The van der Waals surface area contributed by atoms with Gasteiger partial charge in [0.05, 0.1) is 24.7 Å². The lowest BCUT2D eigenvalue weighted by Gasteiger charge is -2.23. The zero-order chi connectivity index (χ0) is 16.0. The van der Waals surface area contributed by atoms with Crippen LogP contribution in [0.1, 0.15) is 20.8 Å². The highest BCUT2D eigenvalue weighted by Crippen LogP contribution is 2.22. The summed E-state index contributed by atoms with van der Waals surface area (Å²) in [7, 11) is -2.05. The number of hydrogen-bond donors (Lipinski definition) is 0. The summed E-state index contributed by atoms with van der Waals surface area (Å²) in [5, 5.41) is 0. The number of rotatable bonds is 7. The smallest absolute Gasteiger partial charge is 0.327 e. The Hall–Kier alpha value is -1.76. The first-order valence-electron chi connectivity index (χ1n) is 6.64. The van der Waals surface area contributed by atoms with Gasteiger partial charge >= 0.3 is 5.97 Å². The molecule has 1 rings (SSSR count). The lowest BCUT2D eigenvalue weighted by atomic mass is 10.3. The van der Waals surface area contributed by atoms with Crippen molar-refractivity contribution in [3.05, 3.63) is 24.3 Å². The van der Waals surface area contributed by atoms with E-state index in [9.17, 15) is 13.2 Å². The minimum atomic E-state index is -3.57. The SMILES string of the molecule is CCS(=O)(=O)N(CC(=O)OC(C)C)c1ccc(OC)cc1. The summed E-state index contributed by atoms with van der Waals surface area (Å²) >= 11 is 0. The number of esters is 1. The van der Waals surface area contributed by atoms with Crippen LogP contribution in [0.3, 0.4) is 0 Å². The van der Waals surface area contributed by atoms with Crippen molar-refractivity contribution in [2.75, 3.05) is 23.7 Å². The number of hydrogen-bond acceptors (Lipinski definition) is 5. The maximum absolute atomic E-state index is 12.2. The molecule has 0 unspecified atom stereocenters. The van der Waals surface area contributed by atoms with E-state index >= 15 is 0 Å². The van der Waals surface area contributed by atoms with E-state index in [1.165, 1.54) is 14.0 Å². The zero-order valence-electron chi connectivity index (χ0n) is 12.7. The van der Waals surface area contributed by atoms with Crippen LogP contribution in [-0.4, -0.2) is 39.9 Å². The van der Waals surface area contributed by atoms with E-state index in [0.29, 0.717) is 11.4 Å². The zero-order valence-corrected chi connectivity index (χ0v) is 13.5. The third-order valence-corrected chi connectivity index (χ3v) is 4.44. The number of benzene rings is 1. The second-order valence-electron chi connectivity index (χ2n) is 4.64. The normalized spacial score (nSPS) is 11.3. The summed E-state index contributed by atoms with van der Waals surface area (Å²) < 4.78 is 35.4. The molecular formula is C14H21NO5S. The van der Waals surface area contributed by atoms with Crippen LogP contribution >= 0.6 is 0 Å². The van der Waals surface area contributed by atoms with E-state index < -0.39 is 16.0 Å². The molecule has 0 aliphatic rings. The molecule has 0 atom stereocenters. The molecule has 1 aromatic rings. The number of carbonyl (C=O) groups excluding carboxylic acids is 1. The van der Waals surface area contributed by atoms with Crippen LogP contribution in [0.4, 0.5) is 5.69 Å². The molecule has 21 heavy (non-hydrogen) atoms. The van der Waals surface area contributed by atoms with Crippen LogP contribution in [0.5, 0.6) is 5.75 Å². The quantitative estimate of drug-likeness (QED) is 0.717. The Bertz CT molecular complexity index is 566. The predicted octanol–water partition coefficient (Wildman–Crippen LogP) is 1.80. The maximum Gasteiger partial charge on any atom is 0.327 e. The molecule has 0 saturated carbocycles. The summed E-state index contributed by atoms with van der Waals surface area (Å²) in [6, 6.07) is 6.46. The van der Waals surface area contributed by atoms with E-state index in [1.807, 2.05) is 0 Å². The van der Waals surface area contributed by atoms with Gasteiger partial charge in [0.25, 0.3) is 0 Å². The molecule has 0 N–H and O–H groups in total. The molecule has 0 saturated heterocycles. The Labute approximate surface area is 125 Å². The number of carbonyl (C=O) groups is 1. The van der Waals surface area contributed by atoms with E-state index in [4.69, 9.17) is 9.47 Å². The molecule has 6 nitrogen and oxygen atoms in total. The second-order valence-corrected chi connectivity index (χ2v) is 6.83. The molecule has 118 valence electrons. The average molecular weight is 315 g/mol. The van der Waals surface area contributed by atoms with Gasteiger partial charge in [-0.05, 0) is 45.0 Å². The summed E-state index contributed by atoms with van der Waals surface area (Å²) in [4.78, 5) is 11.8. The van der Waals surface area contributed by atoms with Gasteiger partial charge in [-0.3, -0.25) is 9.10 Å². The molecule has 0 spiro atoms. The first-order chi connectivity index (χ1) is 9.80. The molecule has 7 heteroatoms. The number of nitrogens with zero attached hydrogens (tertiary/aromatic N) is 1. The molecular weight excluding hydrogens is 294 g/mol. The summed E-state index contributed by atoms with van der Waals surface area (Å²) in [6.45, 7) is 4.61. The third kappa shape index (κ3) is 4.93. The van der Waals surface area contributed by atoms with Gasteiger partial charge in [0.2, 0.25) is 10.0 Å². The van der Waals surface area contributed by atoms with Gasteiger partial charge in [-0.25, -0.2) is 8.42 Å². The summed E-state index contributed by atoms with van der Waals surface area (Å²) in [5.74, 6) is -0.0799. The fraction of sp³-hybridized carbons (Fsp3) is 0.500. The molecule has 0 aliphatic heterocycles. The van der Waals surface area contributed by atoms with Gasteiger partial charge in [-0.1, -0.05) is 0 Å². The van der Waals surface area contributed by atoms with Crippen molar-refractivity contribution in [3.8, 4) is 5.75 Å². The Morgan fingerprint density at radius 3 is 2.24 bits per heavy atom. The van der Waals surface area contributed by atoms with Crippen molar-refractivity contribution in [3.63, 3.8) is 0 Å². The molecule has 0 radical (unpaired) electrons. The fourth-order valence-corrected chi connectivity index (χ4v) is 2.73. The summed E-state index contributed by atoms with van der Waals surface area (Å²) in [5.41, 5.74) is 0.401. The number of anilines is 1. The number of sulfonamides is 1. The van der Waals surface area contributed by atoms with Crippen molar-refractivity contribution in [1.82, 2.24) is 0 Å². The van der Waals surface area contributed by atoms with Gasteiger partial charge in [0, 0.05) is 0 Å². The lowest BCUT2D eigenvalue weighted by Crippen LogP contribution is -2.38. The van der Waals surface area contributed by atoms with Crippen LogP contribution in [0.15, 0.2) is 24.3 Å². The van der Waals surface area contributed by atoms with Crippen molar-refractivity contribution in [2.24, 2.45) is 0 Å². The first kappa shape index (κ1) is 17.3. The van der Waals surface area contributed by atoms with E-state index in [0.717, 1.165) is 4.31 Å². The molecule has 0 amide bonds. The van der Waals surface area contributed by atoms with Gasteiger partial charge < -0.3 is 9.47 Å². The minimum Gasteiger partial charge on any atom is -0.497 e. The van der Waals surface area contributed by atoms with Gasteiger partial charge in [0.1, 0.15) is 12.3 Å². The first-order valence-corrected chi connectivity index (χ1v) is 8.25. The lowest BCUT2D eigenvalue weighted by molar-refractivity contribution is -0.145. The Balaban J connectivity index is 3.05. The Morgan fingerprint density at radius 2 is 1.81 bits per heavy atom. The monoisotopic (exact) mass is 315 g/mol. The highest BCUT2D eigenvalue weighted by atomic mass is 32.2. The highest BCUT2D eigenvalue weighted by molar-refractivity contribution is 7.92. The van der Waals surface area contributed by atoms with Crippen LogP contribution in [-0.2, 0) is 19.6 Å². The second kappa shape index (κ2) is 7.31.